The summed E-state index contributed by atoms with van der Waals surface area (Å²) < 4.78 is 16.5. The Hall–Kier alpha value is -3.13. The van der Waals surface area contributed by atoms with Crippen LogP contribution in [0, 0.1) is 0 Å². The molecule has 0 amide bonds. The Balaban J connectivity index is 2.10. The molecule has 0 saturated carbocycles. The lowest BCUT2D eigenvalue weighted by Gasteiger charge is -2.12. The van der Waals surface area contributed by atoms with Gasteiger partial charge in [0.2, 0.25) is 0 Å². The van der Waals surface area contributed by atoms with Crippen LogP contribution in [-0.4, -0.2) is 37.1 Å². The quantitative estimate of drug-likeness (QED) is 0.213. The largest absolute Gasteiger partial charge is 0.494 e. The number of rotatable bonds is 9. The van der Waals surface area contributed by atoms with Crippen LogP contribution < -0.4 is 25.0 Å². The summed E-state index contributed by atoms with van der Waals surface area (Å²) in [6, 6.07) is 12.0. The molecule has 0 aliphatic heterocycles. The highest BCUT2D eigenvalue weighted by atomic mass is 32.1. The maximum absolute atomic E-state index is 12.5. The van der Waals surface area contributed by atoms with Crippen molar-refractivity contribution in [1.29, 1.82) is 0 Å². The van der Waals surface area contributed by atoms with Crippen LogP contribution in [-0.2, 0) is 0 Å². The van der Waals surface area contributed by atoms with Gasteiger partial charge < -0.3 is 19.5 Å². The molecule has 0 fully saturated rings. The van der Waals surface area contributed by atoms with E-state index in [1.54, 1.807) is 48.7 Å². The third-order valence-corrected chi connectivity index (χ3v) is 3.82. The molecule has 8 heteroatoms. The van der Waals surface area contributed by atoms with Gasteiger partial charge in [0.05, 0.1) is 25.0 Å². The van der Waals surface area contributed by atoms with E-state index in [0.29, 0.717) is 47.7 Å². The second-order valence-electron chi connectivity index (χ2n) is 5.72. The first kappa shape index (κ1) is 22.2. The van der Waals surface area contributed by atoms with Gasteiger partial charge in [0, 0.05) is 6.54 Å². The molecule has 29 heavy (non-hydrogen) atoms. The number of esters is 1. The summed E-state index contributed by atoms with van der Waals surface area (Å²) in [6.07, 6.45) is 1.60. The van der Waals surface area contributed by atoms with Crippen molar-refractivity contribution in [3.8, 4) is 17.2 Å². The zero-order valence-electron chi connectivity index (χ0n) is 16.7. The van der Waals surface area contributed by atoms with Gasteiger partial charge in [0.1, 0.15) is 5.75 Å². The Kier molecular flexibility index (Phi) is 8.91. The monoisotopic (exact) mass is 415 g/mol. The van der Waals surface area contributed by atoms with E-state index in [1.807, 2.05) is 20.8 Å². The lowest BCUT2D eigenvalue weighted by molar-refractivity contribution is 0.0728. The lowest BCUT2D eigenvalue weighted by atomic mass is 10.2. The standard InChI is InChI=1S/C21H25N3O4S/c1-4-22-21(29)24-23-14-15-7-12-18(19(13-15)27-6-3)28-20(25)16-8-10-17(11-9-16)26-5-2/h7-14H,4-6H2,1-3H3,(H2,22,24,29)/b23-14-. The fourth-order valence-corrected chi connectivity index (χ4v) is 2.53. The van der Waals surface area contributed by atoms with Crippen LogP contribution in [0.1, 0.15) is 36.7 Å². The molecular weight excluding hydrogens is 390 g/mol. The number of hydrogen-bond donors (Lipinski definition) is 2. The number of ether oxygens (including phenoxy) is 3. The molecule has 0 aliphatic rings. The van der Waals surface area contributed by atoms with Gasteiger partial charge in [-0.2, -0.15) is 5.10 Å². The highest BCUT2D eigenvalue weighted by Crippen LogP contribution is 2.29. The van der Waals surface area contributed by atoms with E-state index in [4.69, 9.17) is 26.4 Å². The zero-order chi connectivity index (χ0) is 21.1. The van der Waals surface area contributed by atoms with Crippen LogP contribution >= 0.6 is 12.2 Å². The first-order valence-electron chi connectivity index (χ1n) is 9.36. The summed E-state index contributed by atoms with van der Waals surface area (Å²) in [4.78, 5) is 12.5. The van der Waals surface area contributed by atoms with Gasteiger partial charge in [-0.25, -0.2) is 4.79 Å². The predicted octanol–water partition coefficient (Wildman–Crippen LogP) is 3.52. The van der Waals surface area contributed by atoms with Crippen LogP contribution in [0.3, 0.4) is 0 Å². The average molecular weight is 416 g/mol. The zero-order valence-corrected chi connectivity index (χ0v) is 17.5. The van der Waals surface area contributed by atoms with E-state index in [1.165, 1.54) is 0 Å². The minimum Gasteiger partial charge on any atom is -0.494 e. The molecule has 0 aliphatic carbocycles. The SMILES string of the molecule is CCNC(=S)N/N=C\c1ccc(OC(=O)c2ccc(OCC)cc2)c(OCC)c1. The molecule has 7 nitrogen and oxygen atoms in total. The Labute approximate surface area is 176 Å². The van der Waals surface area contributed by atoms with Gasteiger partial charge in [0.25, 0.3) is 0 Å². The molecule has 2 aromatic carbocycles. The number of carbonyl (C=O) groups is 1. The van der Waals surface area contributed by atoms with Crippen LogP contribution in [0.2, 0.25) is 0 Å². The number of hydrazone groups is 1. The van der Waals surface area contributed by atoms with Crippen LogP contribution in [0.15, 0.2) is 47.6 Å². The molecule has 2 aromatic rings. The van der Waals surface area contributed by atoms with Crippen molar-refractivity contribution in [3.63, 3.8) is 0 Å². The summed E-state index contributed by atoms with van der Waals surface area (Å²) in [7, 11) is 0. The number of hydrogen-bond acceptors (Lipinski definition) is 6. The Morgan fingerprint density at radius 2 is 1.76 bits per heavy atom. The molecule has 2 rings (SSSR count). The normalized spacial score (nSPS) is 10.4. The minimum absolute atomic E-state index is 0.332. The van der Waals surface area contributed by atoms with Gasteiger partial charge in [-0.05, 0) is 81.0 Å². The smallest absolute Gasteiger partial charge is 0.343 e. The maximum Gasteiger partial charge on any atom is 0.343 e. The van der Waals surface area contributed by atoms with Crippen molar-refractivity contribution < 1.29 is 19.0 Å². The molecule has 0 aromatic heterocycles. The van der Waals surface area contributed by atoms with E-state index < -0.39 is 5.97 Å². The molecule has 2 N–H and O–H groups in total. The lowest BCUT2D eigenvalue weighted by Crippen LogP contribution is -2.31. The third-order valence-electron chi connectivity index (χ3n) is 3.59. The second kappa shape index (κ2) is 11.7. The number of nitrogens with zero attached hydrogens (tertiary/aromatic N) is 1. The van der Waals surface area contributed by atoms with E-state index in [0.717, 1.165) is 5.56 Å². The minimum atomic E-state index is -0.479. The number of thiocarbonyl (C=S) groups is 1. The highest BCUT2D eigenvalue weighted by molar-refractivity contribution is 7.80. The van der Waals surface area contributed by atoms with Crippen molar-refractivity contribution in [3.05, 3.63) is 53.6 Å². The summed E-state index contributed by atoms with van der Waals surface area (Å²) in [5, 5.41) is 7.45. The molecule has 0 heterocycles. The van der Waals surface area contributed by atoms with Crippen molar-refractivity contribution in [2.75, 3.05) is 19.8 Å². The van der Waals surface area contributed by atoms with Crippen molar-refractivity contribution >= 4 is 29.5 Å². The third kappa shape index (κ3) is 7.08. The van der Waals surface area contributed by atoms with Gasteiger partial charge in [-0.3, -0.25) is 5.43 Å². The average Bonchev–Trinajstić information content (AvgIpc) is 2.71. The first-order chi connectivity index (χ1) is 14.1. The van der Waals surface area contributed by atoms with Gasteiger partial charge in [-0.1, -0.05) is 0 Å². The highest BCUT2D eigenvalue weighted by Gasteiger charge is 2.13. The number of nitrogens with one attached hydrogen (secondary N) is 2. The van der Waals surface area contributed by atoms with Crippen molar-refractivity contribution in [1.82, 2.24) is 10.7 Å². The molecule has 0 atom stereocenters. The van der Waals surface area contributed by atoms with E-state index >= 15 is 0 Å². The summed E-state index contributed by atoms with van der Waals surface area (Å²) >= 11 is 5.05. The maximum atomic E-state index is 12.5. The van der Waals surface area contributed by atoms with E-state index in [9.17, 15) is 4.79 Å². The summed E-state index contributed by atoms with van der Waals surface area (Å²) in [5.41, 5.74) is 3.90. The van der Waals surface area contributed by atoms with Crippen molar-refractivity contribution in [2.45, 2.75) is 20.8 Å². The number of carbonyl (C=O) groups excluding carboxylic acids is 1. The van der Waals surface area contributed by atoms with Crippen LogP contribution in [0.4, 0.5) is 0 Å². The van der Waals surface area contributed by atoms with Crippen LogP contribution in [0.25, 0.3) is 0 Å². The predicted molar refractivity (Wildman–Crippen MR) is 117 cm³/mol. The topological polar surface area (TPSA) is 81.2 Å². The molecule has 0 saturated heterocycles. The summed E-state index contributed by atoms with van der Waals surface area (Å²) in [5.74, 6) is 1.00. The van der Waals surface area contributed by atoms with Crippen LogP contribution in [0.5, 0.6) is 17.2 Å². The van der Waals surface area contributed by atoms with E-state index in [2.05, 4.69) is 15.8 Å². The second-order valence-corrected chi connectivity index (χ2v) is 6.12. The van der Waals surface area contributed by atoms with Gasteiger partial charge in [0.15, 0.2) is 16.6 Å². The molecule has 0 spiro atoms. The Bertz CT molecular complexity index is 854. The fourth-order valence-electron chi connectivity index (χ4n) is 2.34. The Morgan fingerprint density at radius 3 is 2.41 bits per heavy atom. The molecule has 0 unspecified atom stereocenters. The van der Waals surface area contributed by atoms with Gasteiger partial charge in [-0.15, -0.1) is 0 Å². The molecule has 0 bridgehead atoms. The molecule has 154 valence electrons. The number of benzene rings is 2. The molecule has 0 radical (unpaired) electrons. The van der Waals surface area contributed by atoms with E-state index in [-0.39, 0.29) is 0 Å². The Morgan fingerprint density at radius 1 is 1.03 bits per heavy atom. The fraction of sp³-hybridized carbons (Fsp3) is 0.286. The summed E-state index contributed by atoms with van der Waals surface area (Å²) in [6.45, 7) is 7.40. The van der Waals surface area contributed by atoms with Crippen molar-refractivity contribution in [2.24, 2.45) is 5.10 Å². The molecular formula is C21H25N3O4S. The first-order valence-corrected chi connectivity index (χ1v) is 9.77. The van der Waals surface area contributed by atoms with Gasteiger partial charge >= 0.3 is 5.97 Å².